The largest absolute Gasteiger partial charge is 0.308 e. The van der Waals surface area contributed by atoms with E-state index >= 15 is 0 Å². The highest BCUT2D eigenvalue weighted by Gasteiger charge is 2.19. The van der Waals surface area contributed by atoms with E-state index in [2.05, 4.69) is 26.1 Å². The number of hydrogen-bond donors (Lipinski definition) is 1. The van der Waals surface area contributed by atoms with Crippen LogP contribution in [-0.4, -0.2) is 11.0 Å². The van der Waals surface area contributed by atoms with Crippen molar-refractivity contribution in [3.63, 3.8) is 0 Å². The van der Waals surface area contributed by atoms with Gasteiger partial charge < -0.3 is 5.32 Å². The second-order valence-electron chi connectivity index (χ2n) is 5.02. The van der Waals surface area contributed by atoms with Crippen molar-refractivity contribution < 1.29 is 0 Å². The molecule has 2 atom stereocenters. The molecule has 1 aromatic rings. The van der Waals surface area contributed by atoms with Gasteiger partial charge in [-0.05, 0) is 38.5 Å². The maximum absolute atomic E-state index is 4.75. The van der Waals surface area contributed by atoms with Crippen LogP contribution in [0.15, 0.2) is 0 Å². The summed E-state index contributed by atoms with van der Waals surface area (Å²) in [5.74, 6) is 0.850. The summed E-state index contributed by atoms with van der Waals surface area (Å²) < 4.78 is 0. The molecule has 0 saturated heterocycles. The van der Waals surface area contributed by atoms with Gasteiger partial charge in [0, 0.05) is 17.5 Å². The number of thiazole rings is 1. The SMILES string of the molecule is CCC(C)NCc1nc2c(s1)CC(C)CC2. The second kappa shape index (κ2) is 5.28. The smallest absolute Gasteiger partial charge is 0.107 e. The number of nitrogens with one attached hydrogen (secondary N) is 1. The Morgan fingerprint density at radius 3 is 3.12 bits per heavy atom. The molecular formula is C13H22N2S. The highest BCUT2D eigenvalue weighted by Crippen LogP contribution is 2.29. The van der Waals surface area contributed by atoms with Crippen molar-refractivity contribution in [3.05, 3.63) is 15.6 Å². The van der Waals surface area contributed by atoms with Crippen LogP contribution < -0.4 is 5.32 Å². The monoisotopic (exact) mass is 238 g/mol. The zero-order chi connectivity index (χ0) is 11.5. The Labute approximate surface area is 102 Å². The number of rotatable bonds is 4. The Bertz CT molecular complexity index is 346. The molecule has 2 nitrogen and oxygen atoms in total. The molecule has 0 bridgehead atoms. The van der Waals surface area contributed by atoms with Crippen LogP contribution in [0.25, 0.3) is 0 Å². The lowest BCUT2D eigenvalue weighted by atomic mass is 9.93. The van der Waals surface area contributed by atoms with E-state index < -0.39 is 0 Å². The lowest BCUT2D eigenvalue weighted by Gasteiger charge is -2.15. The summed E-state index contributed by atoms with van der Waals surface area (Å²) in [6, 6.07) is 0.597. The lowest BCUT2D eigenvalue weighted by Crippen LogP contribution is -2.24. The van der Waals surface area contributed by atoms with Gasteiger partial charge in [0.15, 0.2) is 0 Å². The number of hydrogen-bond acceptors (Lipinski definition) is 3. The van der Waals surface area contributed by atoms with Crippen molar-refractivity contribution >= 4 is 11.3 Å². The summed E-state index contributed by atoms with van der Waals surface area (Å²) in [5, 5.41) is 4.79. The maximum Gasteiger partial charge on any atom is 0.107 e. The molecule has 0 amide bonds. The van der Waals surface area contributed by atoms with E-state index in [0.717, 1.165) is 12.5 Å². The Hall–Kier alpha value is -0.410. The average Bonchev–Trinajstić information content (AvgIpc) is 2.67. The van der Waals surface area contributed by atoms with Crippen molar-refractivity contribution in [1.82, 2.24) is 10.3 Å². The number of aryl methyl sites for hydroxylation is 1. The van der Waals surface area contributed by atoms with Gasteiger partial charge in [-0.1, -0.05) is 13.8 Å². The fourth-order valence-electron chi connectivity index (χ4n) is 2.07. The third kappa shape index (κ3) is 2.83. The highest BCUT2D eigenvalue weighted by molar-refractivity contribution is 7.11. The van der Waals surface area contributed by atoms with Gasteiger partial charge in [0.2, 0.25) is 0 Å². The first-order valence-electron chi connectivity index (χ1n) is 6.39. The molecule has 1 aliphatic carbocycles. The van der Waals surface area contributed by atoms with Crippen LogP contribution >= 0.6 is 11.3 Å². The van der Waals surface area contributed by atoms with Gasteiger partial charge in [0.05, 0.1) is 5.69 Å². The fourth-order valence-corrected chi connectivity index (χ4v) is 3.30. The van der Waals surface area contributed by atoms with Gasteiger partial charge in [0.25, 0.3) is 0 Å². The molecule has 0 radical (unpaired) electrons. The Kier molecular flexibility index (Phi) is 3.98. The van der Waals surface area contributed by atoms with Crippen molar-refractivity contribution in [2.45, 2.75) is 59.0 Å². The van der Waals surface area contributed by atoms with E-state index in [9.17, 15) is 0 Å². The predicted octanol–water partition coefficient (Wildman–Crippen LogP) is 3.16. The van der Waals surface area contributed by atoms with Crippen LogP contribution in [0.4, 0.5) is 0 Å². The maximum atomic E-state index is 4.75. The summed E-state index contributed by atoms with van der Waals surface area (Å²) in [4.78, 5) is 6.29. The van der Waals surface area contributed by atoms with Crippen LogP contribution in [0.5, 0.6) is 0 Å². The molecule has 1 aromatic heterocycles. The molecule has 16 heavy (non-hydrogen) atoms. The lowest BCUT2D eigenvalue weighted by molar-refractivity contribution is 0.500. The van der Waals surface area contributed by atoms with E-state index in [0.29, 0.717) is 6.04 Å². The molecule has 1 aliphatic rings. The van der Waals surface area contributed by atoms with Crippen molar-refractivity contribution in [1.29, 1.82) is 0 Å². The average molecular weight is 238 g/mol. The number of fused-ring (bicyclic) bond motifs is 1. The first-order chi connectivity index (χ1) is 7.69. The standard InChI is InChI=1S/C13H22N2S/c1-4-10(3)14-8-13-15-11-6-5-9(2)7-12(11)16-13/h9-10,14H,4-8H2,1-3H3. The molecule has 3 heteroatoms. The number of aromatic nitrogens is 1. The summed E-state index contributed by atoms with van der Waals surface area (Å²) in [5.41, 5.74) is 1.38. The Morgan fingerprint density at radius 1 is 1.56 bits per heavy atom. The zero-order valence-electron chi connectivity index (χ0n) is 10.5. The van der Waals surface area contributed by atoms with Crippen molar-refractivity contribution in [2.24, 2.45) is 5.92 Å². The van der Waals surface area contributed by atoms with E-state index in [4.69, 9.17) is 4.98 Å². The minimum Gasteiger partial charge on any atom is -0.308 e. The molecule has 0 saturated carbocycles. The van der Waals surface area contributed by atoms with Crippen molar-refractivity contribution in [3.8, 4) is 0 Å². The fraction of sp³-hybridized carbons (Fsp3) is 0.769. The molecule has 0 aromatic carbocycles. The van der Waals surface area contributed by atoms with Gasteiger partial charge in [0.1, 0.15) is 5.01 Å². The summed E-state index contributed by atoms with van der Waals surface area (Å²) >= 11 is 1.92. The molecule has 1 heterocycles. The normalized spacial score (nSPS) is 21.8. The highest BCUT2D eigenvalue weighted by atomic mass is 32.1. The quantitative estimate of drug-likeness (QED) is 0.871. The minimum absolute atomic E-state index is 0.597. The second-order valence-corrected chi connectivity index (χ2v) is 6.18. The molecular weight excluding hydrogens is 216 g/mol. The molecule has 2 rings (SSSR count). The first-order valence-corrected chi connectivity index (χ1v) is 7.21. The van der Waals surface area contributed by atoms with E-state index in [1.807, 2.05) is 11.3 Å². The summed E-state index contributed by atoms with van der Waals surface area (Å²) in [7, 11) is 0. The van der Waals surface area contributed by atoms with Crippen LogP contribution in [0.2, 0.25) is 0 Å². The zero-order valence-corrected chi connectivity index (χ0v) is 11.4. The van der Waals surface area contributed by atoms with E-state index in [1.54, 1.807) is 4.88 Å². The van der Waals surface area contributed by atoms with E-state index in [-0.39, 0.29) is 0 Å². The molecule has 90 valence electrons. The van der Waals surface area contributed by atoms with Crippen LogP contribution in [0.3, 0.4) is 0 Å². The predicted molar refractivity (Wildman–Crippen MR) is 69.9 cm³/mol. The van der Waals surface area contributed by atoms with Crippen LogP contribution in [0.1, 0.15) is 49.2 Å². The Balaban J connectivity index is 1.96. The van der Waals surface area contributed by atoms with Crippen LogP contribution in [0, 0.1) is 5.92 Å². The third-order valence-corrected chi connectivity index (χ3v) is 4.56. The molecule has 0 fully saturated rings. The molecule has 0 spiro atoms. The minimum atomic E-state index is 0.597. The van der Waals surface area contributed by atoms with Gasteiger partial charge >= 0.3 is 0 Å². The molecule has 2 unspecified atom stereocenters. The van der Waals surface area contributed by atoms with Gasteiger partial charge in [-0.25, -0.2) is 4.98 Å². The topological polar surface area (TPSA) is 24.9 Å². The molecule has 0 aliphatic heterocycles. The van der Waals surface area contributed by atoms with Gasteiger partial charge in [-0.3, -0.25) is 0 Å². The van der Waals surface area contributed by atoms with Gasteiger partial charge in [-0.15, -0.1) is 11.3 Å². The third-order valence-electron chi connectivity index (χ3n) is 3.44. The van der Waals surface area contributed by atoms with Gasteiger partial charge in [-0.2, -0.15) is 0 Å². The Morgan fingerprint density at radius 2 is 2.38 bits per heavy atom. The first kappa shape index (κ1) is 12.1. The van der Waals surface area contributed by atoms with Crippen molar-refractivity contribution in [2.75, 3.05) is 0 Å². The summed E-state index contributed by atoms with van der Waals surface area (Å²) in [6.07, 6.45) is 4.93. The van der Waals surface area contributed by atoms with Crippen LogP contribution in [-0.2, 0) is 19.4 Å². The summed E-state index contributed by atoms with van der Waals surface area (Å²) in [6.45, 7) is 7.74. The molecule has 1 N–H and O–H groups in total. The number of nitrogens with zero attached hydrogens (tertiary/aromatic N) is 1. The van der Waals surface area contributed by atoms with E-state index in [1.165, 1.54) is 36.4 Å².